The van der Waals surface area contributed by atoms with Gasteiger partial charge in [-0.05, 0) is 24.1 Å². The highest BCUT2D eigenvalue weighted by atomic mass is 17.1. The lowest BCUT2D eigenvalue weighted by atomic mass is 10.1. The first-order valence-electron chi connectivity index (χ1n) is 5.97. The van der Waals surface area contributed by atoms with E-state index in [4.69, 9.17) is 26.0 Å². The third kappa shape index (κ3) is 6.79. The Hall–Kier alpha value is -2.04. The number of carboxylic acid groups (broad SMARTS) is 1. The minimum atomic E-state index is -1.23. The summed E-state index contributed by atoms with van der Waals surface area (Å²) >= 11 is 0. The van der Waals surface area contributed by atoms with E-state index in [2.05, 4.69) is 4.84 Å². The third-order valence-electron chi connectivity index (χ3n) is 2.44. The molecule has 0 saturated heterocycles. The summed E-state index contributed by atoms with van der Waals surface area (Å²) in [5.74, 6) is -1.78. The Balaban J connectivity index is 2.46. The lowest BCUT2D eigenvalue weighted by molar-refractivity contribution is -0.492. The molecule has 1 unspecified atom stereocenters. The number of carboxylic acids is 1. The molecular weight excluding hydrogens is 284 g/mol. The van der Waals surface area contributed by atoms with Crippen LogP contribution in [0.2, 0.25) is 0 Å². The van der Waals surface area contributed by atoms with Gasteiger partial charge < -0.3 is 15.6 Å². The van der Waals surface area contributed by atoms with Gasteiger partial charge in [-0.15, -0.1) is 0 Å². The monoisotopic (exact) mass is 300 g/mol. The molecule has 0 aliphatic heterocycles. The molecule has 0 heterocycles. The van der Waals surface area contributed by atoms with E-state index in [-0.39, 0.29) is 17.7 Å². The van der Waals surface area contributed by atoms with Gasteiger partial charge in [-0.1, -0.05) is 12.1 Å². The molecule has 0 aliphatic carbocycles. The van der Waals surface area contributed by atoms with E-state index in [1.807, 2.05) is 0 Å². The van der Waals surface area contributed by atoms with Crippen molar-refractivity contribution in [1.29, 1.82) is 0 Å². The van der Waals surface area contributed by atoms with E-state index in [0.29, 0.717) is 6.42 Å². The first kappa shape index (κ1) is 17.0. The molecule has 1 aromatic rings. The molecule has 0 aliphatic rings. The largest absolute Gasteiger partial charge is 0.481 e. The topological polar surface area (TPSA) is 143 Å². The second-order valence-electron chi connectivity index (χ2n) is 4.11. The maximum absolute atomic E-state index is 11.5. The Labute approximate surface area is 120 Å². The van der Waals surface area contributed by atoms with Gasteiger partial charge in [0.1, 0.15) is 11.8 Å². The summed E-state index contributed by atoms with van der Waals surface area (Å²) in [4.78, 5) is 26.3. The van der Waals surface area contributed by atoms with Crippen LogP contribution in [0.15, 0.2) is 24.3 Å². The van der Waals surface area contributed by atoms with Crippen molar-refractivity contribution in [2.24, 2.45) is 5.73 Å². The lowest BCUT2D eigenvalue weighted by Gasteiger charge is -2.10. The molecule has 9 heteroatoms. The molecule has 0 saturated carbocycles. The minimum absolute atomic E-state index is 0.0512. The standard InChI is InChI=1S/C12H16N2O7/c13-10(7-11(15)16)12(17)21-9-3-1-8(2-4-9)5-6-20-14(18)19/h1-4,10,18-19H,5-7,13H2,(H,15,16). The van der Waals surface area contributed by atoms with Crippen LogP contribution in [0.3, 0.4) is 0 Å². The zero-order valence-electron chi connectivity index (χ0n) is 11.0. The number of rotatable bonds is 8. The average molecular weight is 300 g/mol. The van der Waals surface area contributed by atoms with Gasteiger partial charge in [0.25, 0.3) is 0 Å². The molecule has 1 aromatic carbocycles. The molecule has 21 heavy (non-hydrogen) atoms. The third-order valence-corrected chi connectivity index (χ3v) is 2.44. The van der Waals surface area contributed by atoms with Crippen LogP contribution in [0, 0.1) is 0 Å². The van der Waals surface area contributed by atoms with Gasteiger partial charge in [0.15, 0.2) is 0 Å². The maximum atomic E-state index is 11.5. The van der Waals surface area contributed by atoms with Crippen LogP contribution >= 0.6 is 0 Å². The van der Waals surface area contributed by atoms with E-state index in [9.17, 15) is 9.59 Å². The highest BCUT2D eigenvalue weighted by molar-refractivity contribution is 5.83. The van der Waals surface area contributed by atoms with Crippen LogP contribution in [0.4, 0.5) is 0 Å². The van der Waals surface area contributed by atoms with E-state index in [0.717, 1.165) is 5.56 Å². The van der Waals surface area contributed by atoms with Gasteiger partial charge in [-0.25, -0.2) is 4.79 Å². The number of carbonyl (C=O) groups is 2. The Morgan fingerprint density at radius 3 is 2.38 bits per heavy atom. The average Bonchev–Trinajstić information content (AvgIpc) is 2.39. The van der Waals surface area contributed by atoms with Crippen LogP contribution < -0.4 is 10.5 Å². The Kier molecular flexibility index (Phi) is 6.72. The smallest absolute Gasteiger partial charge is 0.328 e. The quantitative estimate of drug-likeness (QED) is 0.295. The van der Waals surface area contributed by atoms with Crippen molar-refractivity contribution in [2.75, 3.05) is 6.61 Å². The lowest BCUT2D eigenvalue weighted by Crippen LogP contribution is -2.36. The van der Waals surface area contributed by atoms with Crippen molar-refractivity contribution >= 4 is 11.9 Å². The van der Waals surface area contributed by atoms with Gasteiger partial charge in [-0.3, -0.25) is 20.0 Å². The van der Waals surface area contributed by atoms with Gasteiger partial charge >= 0.3 is 11.9 Å². The number of esters is 1. The van der Waals surface area contributed by atoms with Crippen molar-refractivity contribution in [3.63, 3.8) is 0 Å². The summed E-state index contributed by atoms with van der Waals surface area (Å²) in [7, 11) is 0. The van der Waals surface area contributed by atoms with Gasteiger partial charge in [0, 0.05) is 0 Å². The Morgan fingerprint density at radius 2 is 1.86 bits per heavy atom. The van der Waals surface area contributed by atoms with Crippen molar-refractivity contribution in [1.82, 2.24) is 5.39 Å². The Morgan fingerprint density at radius 1 is 1.24 bits per heavy atom. The van der Waals surface area contributed by atoms with Crippen molar-refractivity contribution in [3.05, 3.63) is 29.8 Å². The van der Waals surface area contributed by atoms with E-state index in [1.165, 1.54) is 12.1 Å². The van der Waals surface area contributed by atoms with Gasteiger partial charge in [0.2, 0.25) is 0 Å². The first-order valence-corrected chi connectivity index (χ1v) is 5.97. The normalized spacial score (nSPS) is 12.2. The molecule has 1 atom stereocenters. The summed E-state index contributed by atoms with van der Waals surface area (Å²) < 4.78 is 4.93. The molecule has 0 fully saturated rings. The summed E-state index contributed by atoms with van der Waals surface area (Å²) in [6.07, 6.45) is -0.0998. The molecule has 1 rings (SSSR count). The number of hydrogen-bond donors (Lipinski definition) is 4. The van der Waals surface area contributed by atoms with Gasteiger partial charge in [-0.2, -0.15) is 0 Å². The van der Waals surface area contributed by atoms with Crippen LogP contribution in [0.5, 0.6) is 5.75 Å². The zero-order chi connectivity index (χ0) is 15.8. The molecule has 0 radical (unpaired) electrons. The Bertz CT molecular complexity index is 475. The van der Waals surface area contributed by atoms with Crippen LogP contribution in [0.1, 0.15) is 12.0 Å². The van der Waals surface area contributed by atoms with E-state index >= 15 is 0 Å². The van der Waals surface area contributed by atoms with E-state index in [1.54, 1.807) is 12.1 Å². The number of aliphatic carboxylic acids is 1. The molecule has 0 bridgehead atoms. The van der Waals surface area contributed by atoms with Crippen molar-refractivity contribution in [2.45, 2.75) is 18.9 Å². The number of nitrogens with zero attached hydrogens (tertiary/aromatic N) is 1. The SMILES string of the molecule is NC(CC(=O)O)C(=O)Oc1ccc(CCON(O)O)cc1. The molecule has 5 N–H and O–H groups in total. The summed E-state index contributed by atoms with van der Waals surface area (Å²) in [6.45, 7) is 0.0512. The zero-order valence-corrected chi connectivity index (χ0v) is 11.0. The number of benzene rings is 1. The molecular formula is C12H16N2O7. The maximum Gasteiger partial charge on any atom is 0.328 e. The van der Waals surface area contributed by atoms with Crippen molar-refractivity contribution < 1.29 is 34.7 Å². The molecule has 0 aromatic heterocycles. The molecule has 116 valence electrons. The fourth-order valence-electron chi connectivity index (χ4n) is 1.43. The van der Waals surface area contributed by atoms with E-state index < -0.39 is 24.4 Å². The molecule has 0 spiro atoms. The minimum Gasteiger partial charge on any atom is -0.481 e. The van der Waals surface area contributed by atoms with Crippen LogP contribution in [0.25, 0.3) is 0 Å². The van der Waals surface area contributed by atoms with Gasteiger partial charge in [0.05, 0.1) is 18.4 Å². The predicted molar refractivity (Wildman–Crippen MR) is 67.4 cm³/mol. The summed E-state index contributed by atoms with van der Waals surface area (Å²) in [6, 6.07) is 5.09. The predicted octanol–water partition coefficient (Wildman–Crippen LogP) is -0.0515. The second-order valence-corrected chi connectivity index (χ2v) is 4.11. The highest BCUT2D eigenvalue weighted by Gasteiger charge is 2.19. The fourth-order valence-corrected chi connectivity index (χ4v) is 1.43. The summed E-state index contributed by atoms with van der Waals surface area (Å²) in [5, 5.41) is 24.8. The second kappa shape index (κ2) is 8.29. The summed E-state index contributed by atoms with van der Waals surface area (Å²) in [5.41, 5.74) is 6.18. The number of hydrogen-bond acceptors (Lipinski definition) is 8. The van der Waals surface area contributed by atoms with Crippen LogP contribution in [-0.4, -0.2) is 45.5 Å². The number of ether oxygens (including phenoxy) is 1. The highest BCUT2D eigenvalue weighted by Crippen LogP contribution is 2.13. The molecule has 9 nitrogen and oxygen atoms in total. The first-order chi connectivity index (χ1) is 9.88. The van der Waals surface area contributed by atoms with Crippen molar-refractivity contribution in [3.8, 4) is 5.75 Å². The van der Waals surface area contributed by atoms with Crippen LogP contribution in [-0.2, 0) is 20.8 Å². The fraction of sp³-hybridized carbons (Fsp3) is 0.333. The molecule has 0 amide bonds. The number of carbonyl (C=O) groups excluding carboxylic acids is 1. The number of nitrogens with two attached hydrogens (primary N) is 1.